The van der Waals surface area contributed by atoms with E-state index in [1.54, 1.807) is 11.8 Å². The third kappa shape index (κ3) is 2.53. The van der Waals surface area contributed by atoms with Gasteiger partial charge in [0.05, 0.1) is 19.7 Å². The molecule has 1 heterocycles. The molecular weight excluding hydrogens is 280 g/mol. The smallest absolute Gasteiger partial charge is 0.327 e. The normalized spacial score (nSPS) is 10.6. The van der Waals surface area contributed by atoms with Crippen molar-refractivity contribution in [2.24, 2.45) is 0 Å². The summed E-state index contributed by atoms with van der Waals surface area (Å²) in [4.78, 5) is 11.6. The van der Waals surface area contributed by atoms with Gasteiger partial charge in [-0.25, -0.2) is 0 Å². The maximum atomic E-state index is 11.6. The van der Waals surface area contributed by atoms with Gasteiger partial charge in [-0.05, 0) is 12.1 Å². The van der Waals surface area contributed by atoms with Gasteiger partial charge < -0.3 is 9.47 Å². The molecule has 0 N–H and O–H groups in total. The van der Waals surface area contributed by atoms with Crippen LogP contribution in [0.5, 0.6) is 5.75 Å². The summed E-state index contributed by atoms with van der Waals surface area (Å²) in [6.45, 7) is 0.0625. The quantitative estimate of drug-likeness (QED) is 0.695. The van der Waals surface area contributed by atoms with Crippen LogP contribution in [0.4, 0.5) is 0 Å². The average Bonchev–Trinajstić information content (AvgIpc) is 2.93. The number of nitrogens with zero attached hydrogens (tertiary/aromatic N) is 2. The van der Waals surface area contributed by atoms with Crippen LogP contribution < -0.4 is 4.74 Å². The topological polar surface area (TPSA) is 53.4 Å². The fraction of sp³-hybridized carbons (Fsp3) is 0.176. The van der Waals surface area contributed by atoms with E-state index >= 15 is 0 Å². The van der Waals surface area contributed by atoms with Crippen LogP contribution in [0.15, 0.2) is 48.5 Å². The summed E-state index contributed by atoms with van der Waals surface area (Å²) < 4.78 is 11.7. The first-order chi connectivity index (χ1) is 10.7. The molecule has 3 rings (SSSR count). The Morgan fingerprint density at radius 1 is 1.14 bits per heavy atom. The van der Waals surface area contributed by atoms with Gasteiger partial charge in [0.25, 0.3) is 0 Å². The van der Waals surface area contributed by atoms with E-state index in [9.17, 15) is 4.79 Å². The highest BCUT2D eigenvalue weighted by Crippen LogP contribution is 2.30. The molecule has 5 nitrogen and oxygen atoms in total. The molecule has 0 bridgehead atoms. The van der Waals surface area contributed by atoms with Gasteiger partial charge in [-0.15, -0.1) is 0 Å². The van der Waals surface area contributed by atoms with Crippen molar-refractivity contribution < 1.29 is 14.3 Å². The van der Waals surface area contributed by atoms with Crippen LogP contribution in [0.25, 0.3) is 22.2 Å². The van der Waals surface area contributed by atoms with E-state index in [-0.39, 0.29) is 12.5 Å². The number of hydrogen-bond acceptors (Lipinski definition) is 4. The standard InChI is InChI=1S/C17H16N2O3/c1-21-13-8-9-14-15(10-13)19(11-16(20)22-2)18-17(14)12-6-4-3-5-7-12/h3-10H,11H2,1-2H3. The predicted molar refractivity (Wildman–Crippen MR) is 83.7 cm³/mol. The van der Waals surface area contributed by atoms with Crippen LogP contribution in [0.3, 0.4) is 0 Å². The van der Waals surface area contributed by atoms with Crippen LogP contribution in [-0.2, 0) is 16.1 Å². The summed E-state index contributed by atoms with van der Waals surface area (Å²) in [5, 5.41) is 5.55. The SMILES string of the molecule is COC(=O)Cn1nc(-c2ccccc2)c2ccc(OC)cc21. The predicted octanol–water partition coefficient (Wildman–Crippen LogP) is 2.88. The Hall–Kier alpha value is -2.82. The number of ether oxygens (including phenoxy) is 2. The van der Waals surface area contributed by atoms with Crippen LogP contribution in [0.2, 0.25) is 0 Å². The lowest BCUT2D eigenvalue weighted by molar-refractivity contribution is -0.141. The van der Waals surface area contributed by atoms with Crippen molar-refractivity contribution in [2.75, 3.05) is 14.2 Å². The van der Waals surface area contributed by atoms with Gasteiger partial charge in [0.1, 0.15) is 18.0 Å². The van der Waals surface area contributed by atoms with Gasteiger partial charge >= 0.3 is 5.97 Å². The number of benzene rings is 2. The maximum absolute atomic E-state index is 11.6. The zero-order valence-electron chi connectivity index (χ0n) is 12.4. The number of aromatic nitrogens is 2. The molecule has 0 radical (unpaired) electrons. The first-order valence-electron chi connectivity index (χ1n) is 6.89. The van der Waals surface area contributed by atoms with Crippen molar-refractivity contribution in [3.63, 3.8) is 0 Å². The highest BCUT2D eigenvalue weighted by atomic mass is 16.5. The number of carbonyl (C=O) groups is 1. The zero-order chi connectivity index (χ0) is 15.5. The highest BCUT2D eigenvalue weighted by Gasteiger charge is 2.15. The average molecular weight is 296 g/mol. The first-order valence-corrected chi connectivity index (χ1v) is 6.89. The number of carbonyl (C=O) groups excluding carboxylic acids is 1. The Balaban J connectivity index is 2.19. The molecular formula is C17H16N2O3. The molecule has 3 aromatic rings. The van der Waals surface area contributed by atoms with Crippen LogP contribution in [-0.4, -0.2) is 30.0 Å². The Morgan fingerprint density at radius 2 is 1.91 bits per heavy atom. The molecule has 0 aliphatic heterocycles. The fourth-order valence-corrected chi connectivity index (χ4v) is 2.40. The van der Waals surface area contributed by atoms with E-state index in [2.05, 4.69) is 5.10 Å². The number of esters is 1. The van der Waals surface area contributed by atoms with Gasteiger partial charge in [0, 0.05) is 17.0 Å². The second kappa shape index (κ2) is 5.89. The Kier molecular flexibility index (Phi) is 3.78. The van der Waals surface area contributed by atoms with E-state index in [1.165, 1.54) is 7.11 Å². The zero-order valence-corrected chi connectivity index (χ0v) is 12.4. The van der Waals surface area contributed by atoms with Gasteiger partial charge in [-0.1, -0.05) is 30.3 Å². The Bertz CT molecular complexity index is 809. The van der Waals surface area contributed by atoms with E-state index < -0.39 is 0 Å². The molecule has 0 saturated heterocycles. The maximum Gasteiger partial charge on any atom is 0.327 e. The lowest BCUT2D eigenvalue weighted by Gasteiger charge is -2.03. The molecule has 0 amide bonds. The Morgan fingerprint density at radius 3 is 2.59 bits per heavy atom. The van der Waals surface area contributed by atoms with Gasteiger partial charge in [-0.2, -0.15) is 5.10 Å². The summed E-state index contributed by atoms with van der Waals surface area (Å²) in [6.07, 6.45) is 0. The van der Waals surface area contributed by atoms with Crippen molar-refractivity contribution in [3.8, 4) is 17.0 Å². The first kappa shape index (κ1) is 14.1. The highest BCUT2D eigenvalue weighted by molar-refractivity contribution is 5.94. The van der Waals surface area contributed by atoms with Crippen molar-refractivity contribution in [1.29, 1.82) is 0 Å². The van der Waals surface area contributed by atoms with E-state index in [4.69, 9.17) is 9.47 Å². The molecule has 112 valence electrons. The summed E-state index contributed by atoms with van der Waals surface area (Å²) in [6, 6.07) is 15.6. The second-order valence-corrected chi connectivity index (χ2v) is 4.83. The molecule has 2 aromatic carbocycles. The van der Waals surface area contributed by atoms with Crippen molar-refractivity contribution in [3.05, 3.63) is 48.5 Å². The van der Waals surface area contributed by atoms with E-state index in [0.29, 0.717) is 0 Å². The minimum atomic E-state index is -0.341. The van der Waals surface area contributed by atoms with E-state index in [1.807, 2.05) is 48.5 Å². The molecule has 0 spiro atoms. The molecule has 0 unspecified atom stereocenters. The largest absolute Gasteiger partial charge is 0.497 e. The summed E-state index contributed by atoms with van der Waals surface area (Å²) in [5.41, 5.74) is 2.67. The molecule has 0 aliphatic carbocycles. The van der Waals surface area contributed by atoms with Crippen molar-refractivity contribution in [1.82, 2.24) is 9.78 Å². The van der Waals surface area contributed by atoms with Gasteiger partial charge in [0.15, 0.2) is 0 Å². The van der Waals surface area contributed by atoms with Crippen LogP contribution in [0, 0.1) is 0 Å². The summed E-state index contributed by atoms with van der Waals surface area (Å²) in [5.74, 6) is 0.380. The monoisotopic (exact) mass is 296 g/mol. The fourth-order valence-electron chi connectivity index (χ4n) is 2.40. The minimum Gasteiger partial charge on any atom is -0.497 e. The molecule has 5 heteroatoms. The van der Waals surface area contributed by atoms with Crippen LogP contribution >= 0.6 is 0 Å². The molecule has 22 heavy (non-hydrogen) atoms. The van der Waals surface area contributed by atoms with Gasteiger partial charge in [-0.3, -0.25) is 9.48 Å². The van der Waals surface area contributed by atoms with E-state index in [0.717, 1.165) is 27.9 Å². The lowest BCUT2D eigenvalue weighted by atomic mass is 10.1. The molecule has 0 saturated carbocycles. The summed E-state index contributed by atoms with van der Waals surface area (Å²) >= 11 is 0. The summed E-state index contributed by atoms with van der Waals surface area (Å²) in [7, 11) is 2.98. The number of methoxy groups -OCH3 is 2. The molecule has 0 aliphatic rings. The van der Waals surface area contributed by atoms with Crippen molar-refractivity contribution in [2.45, 2.75) is 6.54 Å². The second-order valence-electron chi connectivity index (χ2n) is 4.83. The number of rotatable bonds is 4. The van der Waals surface area contributed by atoms with Crippen molar-refractivity contribution >= 4 is 16.9 Å². The molecule has 1 aromatic heterocycles. The Labute approximate surface area is 128 Å². The minimum absolute atomic E-state index is 0.0625. The third-order valence-corrected chi connectivity index (χ3v) is 3.51. The van der Waals surface area contributed by atoms with Crippen LogP contribution in [0.1, 0.15) is 0 Å². The molecule has 0 fully saturated rings. The lowest BCUT2D eigenvalue weighted by Crippen LogP contribution is -2.12. The van der Waals surface area contributed by atoms with Gasteiger partial charge in [0.2, 0.25) is 0 Å². The number of fused-ring (bicyclic) bond motifs is 1. The number of hydrogen-bond donors (Lipinski definition) is 0. The third-order valence-electron chi connectivity index (χ3n) is 3.51. The molecule has 0 atom stereocenters.